The summed E-state index contributed by atoms with van der Waals surface area (Å²) in [6, 6.07) is 11.9. The minimum absolute atomic E-state index is 0.0185. The van der Waals surface area contributed by atoms with Gasteiger partial charge in [-0.2, -0.15) is 0 Å². The molecule has 6 nitrogen and oxygen atoms in total. The van der Waals surface area contributed by atoms with E-state index in [1.165, 1.54) is 43.3 Å². The summed E-state index contributed by atoms with van der Waals surface area (Å²) in [7, 11) is 0. The molecule has 0 amide bonds. The van der Waals surface area contributed by atoms with Crippen molar-refractivity contribution >= 4 is 33.5 Å². The molecule has 2 rings (SSSR count). The van der Waals surface area contributed by atoms with Crippen LogP contribution in [0.4, 0.5) is 0 Å². The number of hydrogen-bond donors (Lipinski definition) is 2. The van der Waals surface area contributed by atoms with Crippen LogP contribution in [0, 0.1) is 0 Å². The average molecular weight is 409 g/mol. The Morgan fingerprint density at radius 2 is 1.24 bits per heavy atom. The van der Waals surface area contributed by atoms with E-state index in [0.717, 1.165) is 0 Å². The lowest BCUT2D eigenvalue weighted by Gasteiger charge is -2.01. The summed E-state index contributed by atoms with van der Waals surface area (Å²) in [5.74, 6) is -0.493. The summed E-state index contributed by atoms with van der Waals surface area (Å²) in [5, 5.41) is 18.2. The van der Waals surface area contributed by atoms with E-state index in [1.807, 2.05) is 0 Å². The van der Waals surface area contributed by atoms with Gasteiger partial charge in [-0.1, -0.05) is 15.9 Å². The number of hydrogen-bond acceptors (Lipinski definition) is 6. The molecule has 0 atom stereocenters. The van der Waals surface area contributed by atoms with Crippen LogP contribution in [0.15, 0.2) is 48.5 Å². The Hall–Kier alpha value is -2.67. The number of carbonyl (C=O) groups is 3. The van der Waals surface area contributed by atoms with Crippen LogP contribution >= 0.6 is 15.9 Å². The Balaban J connectivity index is 0.000000257. The molecule has 0 heterocycles. The fourth-order valence-corrected chi connectivity index (χ4v) is 1.95. The molecule has 0 aromatic heterocycles. The van der Waals surface area contributed by atoms with Crippen molar-refractivity contribution in [1.29, 1.82) is 0 Å². The fourth-order valence-electron chi connectivity index (χ4n) is 1.62. The van der Waals surface area contributed by atoms with Crippen LogP contribution in [0.1, 0.15) is 27.6 Å². The number of ketones is 2. The van der Waals surface area contributed by atoms with Crippen LogP contribution in [0.3, 0.4) is 0 Å². The first-order valence-electron chi connectivity index (χ1n) is 7.17. The molecular weight excluding hydrogens is 392 g/mol. The molecule has 0 aliphatic heterocycles. The predicted octanol–water partition coefficient (Wildman–Crippen LogP) is 3.11. The molecule has 0 fully saturated rings. The van der Waals surface area contributed by atoms with E-state index in [4.69, 9.17) is 10.2 Å². The number of phenols is 2. The molecule has 2 aromatic carbocycles. The number of aromatic hydroxyl groups is 2. The second kappa shape index (κ2) is 10.2. The number of alkyl halides is 1. The van der Waals surface area contributed by atoms with Crippen LogP contribution in [-0.4, -0.2) is 39.7 Å². The first-order chi connectivity index (χ1) is 11.8. The number of carbonyl (C=O) groups excluding carboxylic acids is 3. The maximum absolute atomic E-state index is 11.3. The van der Waals surface area contributed by atoms with Gasteiger partial charge < -0.3 is 14.9 Å². The van der Waals surface area contributed by atoms with Gasteiger partial charge in [-0.15, -0.1) is 0 Å². The lowest BCUT2D eigenvalue weighted by Crippen LogP contribution is -2.11. The summed E-state index contributed by atoms with van der Waals surface area (Å²) in [6.07, 6.45) is 0. The smallest absolute Gasteiger partial charge is 0.303 e. The number of ether oxygens (including phenoxy) is 1. The predicted molar refractivity (Wildman–Crippen MR) is 95.3 cm³/mol. The highest BCUT2D eigenvalue weighted by Gasteiger charge is 2.07. The number of Topliss-reactive ketones (excluding diaryl/α,β-unsaturated/α-hetero) is 2. The first kappa shape index (κ1) is 20.4. The van der Waals surface area contributed by atoms with Gasteiger partial charge in [0.15, 0.2) is 18.2 Å². The molecule has 0 unspecified atom stereocenters. The lowest BCUT2D eigenvalue weighted by molar-refractivity contribution is -0.139. The quantitative estimate of drug-likeness (QED) is 0.447. The maximum Gasteiger partial charge on any atom is 0.303 e. The second-order valence-corrected chi connectivity index (χ2v) is 5.41. The topological polar surface area (TPSA) is 101 Å². The normalized spacial score (nSPS) is 9.52. The van der Waals surface area contributed by atoms with Crippen LogP contribution < -0.4 is 0 Å². The van der Waals surface area contributed by atoms with Gasteiger partial charge in [-0.05, 0) is 48.5 Å². The van der Waals surface area contributed by atoms with Crippen molar-refractivity contribution in [3.8, 4) is 11.5 Å². The Kier molecular flexibility index (Phi) is 8.35. The molecule has 132 valence electrons. The summed E-state index contributed by atoms with van der Waals surface area (Å²) in [4.78, 5) is 32.7. The van der Waals surface area contributed by atoms with E-state index in [2.05, 4.69) is 20.7 Å². The van der Waals surface area contributed by atoms with Crippen molar-refractivity contribution in [2.75, 3.05) is 11.9 Å². The summed E-state index contributed by atoms with van der Waals surface area (Å²) in [5.41, 5.74) is 1.02. The van der Waals surface area contributed by atoms with Gasteiger partial charge in [0.05, 0.1) is 5.33 Å². The molecule has 0 aliphatic rings. The van der Waals surface area contributed by atoms with E-state index in [0.29, 0.717) is 16.5 Å². The van der Waals surface area contributed by atoms with Crippen LogP contribution in [0.25, 0.3) is 0 Å². The number of benzene rings is 2. The zero-order valence-electron chi connectivity index (χ0n) is 13.4. The molecule has 0 bridgehead atoms. The zero-order valence-corrected chi connectivity index (χ0v) is 15.0. The molecular formula is C18H17BrO6. The van der Waals surface area contributed by atoms with Crippen molar-refractivity contribution < 1.29 is 29.3 Å². The zero-order chi connectivity index (χ0) is 18.8. The second-order valence-electron chi connectivity index (χ2n) is 4.85. The van der Waals surface area contributed by atoms with E-state index in [-0.39, 0.29) is 29.7 Å². The summed E-state index contributed by atoms with van der Waals surface area (Å²) < 4.78 is 4.54. The van der Waals surface area contributed by atoms with E-state index in [1.54, 1.807) is 12.1 Å². The molecule has 2 aromatic rings. The minimum Gasteiger partial charge on any atom is -0.508 e. The number of esters is 1. The summed E-state index contributed by atoms with van der Waals surface area (Å²) in [6.45, 7) is 0.976. The van der Waals surface area contributed by atoms with E-state index >= 15 is 0 Å². The molecule has 0 saturated heterocycles. The van der Waals surface area contributed by atoms with Crippen molar-refractivity contribution in [3.05, 3.63) is 59.7 Å². The highest BCUT2D eigenvalue weighted by Crippen LogP contribution is 2.11. The SMILES string of the molecule is CC(=O)OCC(=O)c1ccc(O)cc1.O=C(CBr)c1ccc(O)cc1. The molecule has 0 aliphatic carbocycles. The fraction of sp³-hybridized carbons (Fsp3) is 0.167. The van der Waals surface area contributed by atoms with Gasteiger partial charge in [0.2, 0.25) is 0 Å². The third-order valence-electron chi connectivity index (χ3n) is 2.91. The van der Waals surface area contributed by atoms with Crippen LogP contribution in [-0.2, 0) is 9.53 Å². The van der Waals surface area contributed by atoms with Crippen molar-refractivity contribution in [1.82, 2.24) is 0 Å². The molecule has 2 N–H and O–H groups in total. The van der Waals surface area contributed by atoms with Crippen molar-refractivity contribution in [2.24, 2.45) is 0 Å². The van der Waals surface area contributed by atoms with Gasteiger partial charge >= 0.3 is 5.97 Å². The molecule has 0 spiro atoms. The maximum atomic E-state index is 11.3. The van der Waals surface area contributed by atoms with Crippen LogP contribution in [0.2, 0.25) is 0 Å². The largest absolute Gasteiger partial charge is 0.508 e. The average Bonchev–Trinajstić information content (AvgIpc) is 2.60. The highest BCUT2D eigenvalue weighted by molar-refractivity contribution is 9.09. The standard InChI is InChI=1S/C10H10O4.C8H7BrO2/c1-7(11)14-6-10(13)8-2-4-9(12)5-3-8;9-5-8(11)6-1-3-7(10)4-2-6/h2-5,12H,6H2,1H3;1-4,10H,5H2. The highest BCUT2D eigenvalue weighted by atomic mass is 79.9. The van der Waals surface area contributed by atoms with Gasteiger partial charge in [-0.25, -0.2) is 0 Å². The van der Waals surface area contributed by atoms with E-state index in [9.17, 15) is 14.4 Å². The molecule has 0 saturated carbocycles. The Labute approximate surface area is 153 Å². The van der Waals surface area contributed by atoms with Gasteiger partial charge in [-0.3, -0.25) is 14.4 Å². The van der Waals surface area contributed by atoms with Gasteiger partial charge in [0.1, 0.15) is 11.5 Å². The Morgan fingerprint density at radius 1 is 0.840 bits per heavy atom. The third kappa shape index (κ3) is 7.63. The number of rotatable bonds is 5. The lowest BCUT2D eigenvalue weighted by atomic mass is 10.1. The van der Waals surface area contributed by atoms with Crippen molar-refractivity contribution in [2.45, 2.75) is 6.92 Å². The Morgan fingerprint density at radius 3 is 1.60 bits per heavy atom. The van der Waals surface area contributed by atoms with E-state index < -0.39 is 5.97 Å². The van der Waals surface area contributed by atoms with Crippen LogP contribution in [0.5, 0.6) is 11.5 Å². The van der Waals surface area contributed by atoms with Gasteiger partial charge in [0, 0.05) is 18.1 Å². The van der Waals surface area contributed by atoms with Gasteiger partial charge in [0.25, 0.3) is 0 Å². The van der Waals surface area contributed by atoms with Crippen molar-refractivity contribution in [3.63, 3.8) is 0 Å². The number of halogens is 1. The first-order valence-corrected chi connectivity index (χ1v) is 8.29. The molecule has 0 radical (unpaired) electrons. The monoisotopic (exact) mass is 408 g/mol. The summed E-state index contributed by atoms with van der Waals surface area (Å²) >= 11 is 3.06. The minimum atomic E-state index is -0.489. The molecule has 7 heteroatoms. The Bertz CT molecular complexity index is 722. The number of phenolic OH excluding ortho intramolecular Hbond substituents is 2. The third-order valence-corrected chi connectivity index (χ3v) is 3.42. The molecule has 25 heavy (non-hydrogen) atoms.